The maximum atomic E-state index is 11.9. The highest BCUT2D eigenvalue weighted by Crippen LogP contribution is 2.36. The zero-order chi connectivity index (χ0) is 22.8. The first kappa shape index (κ1) is 21.7. The normalized spacial score (nSPS) is 15.1. The summed E-state index contributed by atoms with van der Waals surface area (Å²) in [5, 5.41) is 5.36. The number of imidazole rings is 1. The molecule has 3 aromatic carbocycles. The van der Waals surface area contributed by atoms with Crippen LogP contribution in [0, 0.1) is 0 Å². The lowest BCUT2D eigenvalue weighted by Gasteiger charge is -2.25. The van der Waals surface area contributed by atoms with Crippen LogP contribution in [0.2, 0.25) is 0 Å². The van der Waals surface area contributed by atoms with E-state index in [2.05, 4.69) is 4.57 Å². The topological polar surface area (TPSA) is 87.2 Å². The third-order valence-electron chi connectivity index (χ3n) is 6.29. The molecule has 0 aliphatic heterocycles. The fourth-order valence-corrected chi connectivity index (χ4v) is 5.14. The van der Waals surface area contributed by atoms with Gasteiger partial charge >= 0.3 is 0 Å². The van der Waals surface area contributed by atoms with Crippen molar-refractivity contribution in [3.63, 3.8) is 0 Å². The van der Waals surface area contributed by atoms with Crippen molar-refractivity contribution >= 4 is 21.1 Å². The fraction of sp³-hybridized carbons (Fsp3) is 0.269. The molecule has 4 aromatic rings. The molecule has 6 nitrogen and oxygen atoms in total. The summed E-state index contributed by atoms with van der Waals surface area (Å²) < 4.78 is 32.0. The molecule has 170 valence electrons. The van der Waals surface area contributed by atoms with E-state index in [4.69, 9.17) is 14.9 Å². The van der Waals surface area contributed by atoms with Crippen molar-refractivity contribution in [1.82, 2.24) is 9.55 Å². The molecular formula is C26H27N3O3S. The number of benzene rings is 3. The Balaban J connectivity index is 1.50. The van der Waals surface area contributed by atoms with Gasteiger partial charge in [0.05, 0.1) is 15.9 Å². The van der Waals surface area contributed by atoms with Gasteiger partial charge < -0.3 is 9.30 Å². The van der Waals surface area contributed by atoms with Crippen LogP contribution in [0.25, 0.3) is 22.4 Å². The summed E-state index contributed by atoms with van der Waals surface area (Å²) in [7, 11) is -3.79. The van der Waals surface area contributed by atoms with Crippen molar-refractivity contribution in [2.75, 3.05) is 0 Å². The van der Waals surface area contributed by atoms with Crippen LogP contribution in [-0.2, 0) is 16.6 Å². The molecule has 0 radical (unpaired) electrons. The van der Waals surface area contributed by atoms with Gasteiger partial charge in [-0.1, -0.05) is 49.6 Å². The standard InChI is InChI=1S/C26H27N3O3S/c27-33(30,31)23-15-16-25-24(17-23)28-26(29(25)21-9-5-2-6-10-21)20-11-13-22(14-12-20)32-18-19-7-3-1-4-8-19/h1,3-4,7-8,11-17,21H,2,5-6,9-10,18H2,(H2,27,30,31). The highest BCUT2D eigenvalue weighted by molar-refractivity contribution is 7.89. The summed E-state index contributed by atoms with van der Waals surface area (Å²) in [6.45, 7) is 0.511. The van der Waals surface area contributed by atoms with Crippen LogP contribution in [-0.4, -0.2) is 18.0 Å². The van der Waals surface area contributed by atoms with Crippen molar-refractivity contribution in [1.29, 1.82) is 0 Å². The van der Waals surface area contributed by atoms with Crippen LogP contribution in [0.5, 0.6) is 5.75 Å². The number of sulfonamides is 1. The second-order valence-corrected chi connectivity index (χ2v) is 10.2. The van der Waals surface area contributed by atoms with E-state index in [0.29, 0.717) is 18.2 Å². The van der Waals surface area contributed by atoms with Crippen molar-refractivity contribution in [2.24, 2.45) is 5.14 Å². The number of nitrogens with two attached hydrogens (primary N) is 1. The minimum Gasteiger partial charge on any atom is -0.489 e. The Labute approximate surface area is 194 Å². The molecule has 7 heteroatoms. The van der Waals surface area contributed by atoms with E-state index < -0.39 is 10.0 Å². The molecule has 1 aliphatic carbocycles. The first-order chi connectivity index (χ1) is 16.0. The molecule has 1 saturated carbocycles. The molecular weight excluding hydrogens is 434 g/mol. The van der Waals surface area contributed by atoms with Gasteiger partial charge in [-0.25, -0.2) is 18.5 Å². The van der Waals surface area contributed by atoms with E-state index in [1.807, 2.05) is 60.7 Å². The number of hydrogen-bond acceptors (Lipinski definition) is 4. The van der Waals surface area contributed by atoms with E-state index in [0.717, 1.165) is 41.1 Å². The lowest BCUT2D eigenvalue weighted by atomic mass is 9.95. The number of aromatic nitrogens is 2. The van der Waals surface area contributed by atoms with Crippen LogP contribution in [0.15, 0.2) is 77.7 Å². The molecule has 1 aliphatic rings. The third kappa shape index (κ3) is 4.65. The van der Waals surface area contributed by atoms with E-state index in [1.165, 1.54) is 19.3 Å². The van der Waals surface area contributed by atoms with E-state index in [9.17, 15) is 8.42 Å². The fourth-order valence-electron chi connectivity index (χ4n) is 4.61. The predicted octanol–water partition coefficient (Wildman–Crippen LogP) is 5.43. The second-order valence-electron chi connectivity index (χ2n) is 8.59. The quantitative estimate of drug-likeness (QED) is 0.414. The first-order valence-electron chi connectivity index (χ1n) is 11.3. The molecule has 0 bridgehead atoms. The molecule has 0 spiro atoms. The molecule has 33 heavy (non-hydrogen) atoms. The number of hydrogen-bond donors (Lipinski definition) is 1. The second kappa shape index (κ2) is 9.00. The summed E-state index contributed by atoms with van der Waals surface area (Å²) >= 11 is 0. The number of fused-ring (bicyclic) bond motifs is 1. The molecule has 0 amide bonds. The lowest BCUT2D eigenvalue weighted by Crippen LogP contribution is -2.14. The predicted molar refractivity (Wildman–Crippen MR) is 129 cm³/mol. The Morgan fingerprint density at radius 3 is 2.36 bits per heavy atom. The monoisotopic (exact) mass is 461 g/mol. The van der Waals surface area contributed by atoms with Gasteiger partial charge in [-0.15, -0.1) is 0 Å². The maximum absolute atomic E-state index is 11.9. The molecule has 0 saturated heterocycles. The average Bonchev–Trinajstić information content (AvgIpc) is 3.22. The number of ether oxygens (including phenoxy) is 1. The molecule has 1 fully saturated rings. The van der Waals surface area contributed by atoms with Crippen molar-refractivity contribution in [2.45, 2.75) is 49.6 Å². The summed E-state index contributed by atoms with van der Waals surface area (Å²) in [5.74, 6) is 1.64. The van der Waals surface area contributed by atoms with Crippen molar-refractivity contribution < 1.29 is 13.2 Å². The van der Waals surface area contributed by atoms with Gasteiger partial charge in [0.2, 0.25) is 10.0 Å². The van der Waals surface area contributed by atoms with Gasteiger partial charge in [-0.3, -0.25) is 0 Å². The van der Waals surface area contributed by atoms with Gasteiger partial charge in [0, 0.05) is 11.6 Å². The molecule has 1 aromatic heterocycles. The minimum atomic E-state index is -3.79. The van der Waals surface area contributed by atoms with Crippen LogP contribution >= 0.6 is 0 Å². The van der Waals surface area contributed by atoms with Gasteiger partial charge in [0.1, 0.15) is 18.2 Å². The Kier molecular flexibility index (Phi) is 5.91. The van der Waals surface area contributed by atoms with Gasteiger partial charge in [-0.05, 0) is 60.9 Å². The maximum Gasteiger partial charge on any atom is 0.238 e. The lowest BCUT2D eigenvalue weighted by molar-refractivity contribution is 0.306. The number of nitrogens with zero attached hydrogens (tertiary/aromatic N) is 2. The van der Waals surface area contributed by atoms with E-state index >= 15 is 0 Å². The Hall–Kier alpha value is -3.16. The number of primary sulfonamides is 1. The molecule has 0 unspecified atom stereocenters. The molecule has 0 atom stereocenters. The highest BCUT2D eigenvalue weighted by Gasteiger charge is 2.23. The van der Waals surface area contributed by atoms with E-state index in [-0.39, 0.29) is 4.90 Å². The van der Waals surface area contributed by atoms with Crippen molar-refractivity contribution in [3.8, 4) is 17.1 Å². The highest BCUT2D eigenvalue weighted by atomic mass is 32.2. The van der Waals surface area contributed by atoms with Gasteiger partial charge in [0.25, 0.3) is 0 Å². The summed E-state index contributed by atoms with van der Waals surface area (Å²) in [6, 6.07) is 23.3. The molecule has 5 rings (SSSR count). The van der Waals surface area contributed by atoms with Crippen LogP contribution in [0.4, 0.5) is 0 Å². The Bertz CT molecular complexity index is 1360. The Morgan fingerprint density at radius 2 is 1.67 bits per heavy atom. The largest absolute Gasteiger partial charge is 0.489 e. The molecule has 1 heterocycles. The summed E-state index contributed by atoms with van der Waals surface area (Å²) in [6.07, 6.45) is 5.80. The smallest absolute Gasteiger partial charge is 0.238 e. The Morgan fingerprint density at radius 1 is 0.939 bits per heavy atom. The first-order valence-corrected chi connectivity index (χ1v) is 12.9. The average molecular weight is 462 g/mol. The van der Waals surface area contributed by atoms with Crippen LogP contribution < -0.4 is 9.88 Å². The van der Waals surface area contributed by atoms with Gasteiger partial charge in [0.15, 0.2) is 0 Å². The van der Waals surface area contributed by atoms with Crippen molar-refractivity contribution in [3.05, 3.63) is 78.4 Å². The minimum absolute atomic E-state index is 0.0829. The zero-order valence-electron chi connectivity index (χ0n) is 18.4. The van der Waals surface area contributed by atoms with Gasteiger partial charge in [-0.2, -0.15) is 0 Å². The van der Waals surface area contributed by atoms with Crippen LogP contribution in [0.1, 0.15) is 43.7 Å². The summed E-state index contributed by atoms with van der Waals surface area (Å²) in [4.78, 5) is 4.94. The summed E-state index contributed by atoms with van der Waals surface area (Å²) in [5.41, 5.74) is 3.67. The third-order valence-corrected chi connectivity index (χ3v) is 7.20. The number of rotatable bonds is 6. The zero-order valence-corrected chi connectivity index (χ0v) is 19.2. The SMILES string of the molecule is NS(=O)(=O)c1ccc2c(c1)nc(-c1ccc(OCc3ccccc3)cc1)n2C1CCCCC1. The molecule has 2 N–H and O–H groups in total. The van der Waals surface area contributed by atoms with E-state index in [1.54, 1.807) is 12.1 Å². The van der Waals surface area contributed by atoms with Crippen LogP contribution in [0.3, 0.4) is 0 Å².